The van der Waals surface area contributed by atoms with Crippen LogP contribution >= 0.6 is 0 Å². The zero-order valence-corrected chi connectivity index (χ0v) is 23.2. The fourth-order valence-electron chi connectivity index (χ4n) is 6.63. The molecule has 2 aromatic heterocycles. The number of nitrogens with one attached hydrogen (secondary N) is 1. The van der Waals surface area contributed by atoms with Crippen molar-refractivity contribution in [3.05, 3.63) is 59.8 Å². The summed E-state index contributed by atoms with van der Waals surface area (Å²) < 4.78 is 37.5. The number of rotatable bonds is 5. The number of aromatic hydroxyl groups is 1. The number of pyridine rings is 1. The fraction of sp³-hybridized carbons (Fsp3) is 0.344. The lowest BCUT2D eigenvalue weighted by Gasteiger charge is -2.34. The highest BCUT2D eigenvalue weighted by Crippen LogP contribution is 2.39. The summed E-state index contributed by atoms with van der Waals surface area (Å²) >= 11 is 0. The number of likely N-dealkylation sites (tertiary alicyclic amines) is 1. The molecule has 0 amide bonds. The number of halogens is 2. The van der Waals surface area contributed by atoms with Crippen LogP contribution in [0.4, 0.5) is 14.6 Å². The van der Waals surface area contributed by atoms with Crippen molar-refractivity contribution in [1.82, 2.24) is 25.2 Å². The number of aromatic nitrogens is 3. The topological polar surface area (TPSA) is 86.6 Å². The third-order valence-corrected chi connectivity index (χ3v) is 8.64. The van der Waals surface area contributed by atoms with Gasteiger partial charge in [0.15, 0.2) is 5.82 Å². The van der Waals surface area contributed by atoms with E-state index in [0.29, 0.717) is 35.3 Å². The van der Waals surface area contributed by atoms with Crippen molar-refractivity contribution in [1.29, 1.82) is 0 Å². The Labute approximate surface area is 242 Å². The van der Waals surface area contributed by atoms with Crippen molar-refractivity contribution in [2.24, 2.45) is 0 Å². The number of phenols is 1. The summed E-state index contributed by atoms with van der Waals surface area (Å²) in [4.78, 5) is 18.1. The van der Waals surface area contributed by atoms with E-state index in [4.69, 9.17) is 16.1 Å². The second-order valence-corrected chi connectivity index (χ2v) is 11.5. The molecule has 0 saturated carbocycles. The van der Waals surface area contributed by atoms with Crippen molar-refractivity contribution in [2.75, 3.05) is 38.2 Å². The van der Waals surface area contributed by atoms with E-state index in [-0.39, 0.29) is 45.5 Å². The standard InChI is InChI=1S/C32H30F2N6O2/c1-4-23-26(33)8-5-18-10-22(41)11-24(27(18)23)29-28(34)30-25(12-35-29)31(40-14-19-6-7-20(15-40)36-19)38-32(37-30)42-16-21-9-17(2)13-39(21)3/h1,5,8,10-12,19-21,36,41H,2,6-7,9,13-16H2,3H3/t19-,20+,21?. The van der Waals surface area contributed by atoms with Crippen LogP contribution < -0.4 is 15.0 Å². The molecule has 0 aliphatic carbocycles. The second-order valence-electron chi connectivity index (χ2n) is 11.5. The predicted octanol–water partition coefficient (Wildman–Crippen LogP) is 4.39. The zero-order chi connectivity index (χ0) is 29.1. The molecule has 4 aromatic rings. The molecule has 3 atom stereocenters. The maximum Gasteiger partial charge on any atom is 0.319 e. The first kappa shape index (κ1) is 26.6. The lowest BCUT2D eigenvalue weighted by molar-refractivity contribution is 0.188. The van der Waals surface area contributed by atoms with Crippen LogP contribution in [-0.2, 0) is 0 Å². The molecule has 0 spiro atoms. The van der Waals surface area contributed by atoms with E-state index in [1.807, 2.05) is 7.05 Å². The van der Waals surface area contributed by atoms with E-state index in [1.54, 1.807) is 0 Å². The monoisotopic (exact) mass is 568 g/mol. The molecule has 3 fully saturated rings. The van der Waals surface area contributed by atoms with E-state index in [0.717, 1.165) is 44.5 Å². The number of hydrogen-bond acceptors (Lipinski definition) is 8. The molecule has 1 unspecified atom stereocenters. The van der Waals surface area contributed by atoms with Crippen molar-refractivity contribution in [3.8, 4) is 35.4 Å². The molecule has 3 aliphatic rings. The lowest BCUT2D eigenvalue weighted by Crippen LogP contribution is -2.51. The van der Waals surface area contributed by atoms with Crippen LogP contribution in [0.25, 0.3) is 32.9 Å². The number of phenolic OH excluding ortho intramolecular Hbond substituents is 1. The third kappa shape index (κ3) is 4.49. The number of ether oxygens (including phenoxy) is 1. The Morgan fingerprint density at radius 1 is 1.19 bits per heavy atom. The molecule has 7 rings (SSSR count). The molecule has 214 valence electrons. The molecule has 2 N–H and O–H groups in total. The molecular weight excluding hydrogens is 538 g/mol. The van der Waals surface area contributed by atoms with Crippen LogP contribution in [0.15, 0.2) is 42.6 Å². The van der Waals surface area contributed by atoms with Gasteiger partial charge in [0.05, 0.1) is 10.9 Å². The van der Waals surface area contributed by atoms with E-state index < -0.39 is 11.6 Å². The summed E-state index contributed by atoms with van der Waals surface area (Å²) in [5, 5.41) is 15.3. The molecule has 2 bridgehead atoms. The number of terminal acetylenes is 1. The largest absolute Gasteiger partial charge is 0.508 e. The normalized spacial score (nSPS) is 22.3. The summed E-state index contributed by atoms with van der Waals surface area (Å²) in [5.74, 6) is 1.46. The molecule has 3 saturated heterocycles. The highest BCUT2D eigenvalue weighted by Gasteiger charge is 2.34. The minimum Gasteiger partial charge on any atom is -0.508 e. The predicted molar refractivity (Wildman–Crippen MR) is 158 cm³/mol. The van der Waals surface area contributed by atoms with Gasteiger partial charge in [0.2, 0.25) is 0 Å². The summed E-state index contributed by atoms with van der Waals surface area (Å²) in [7, 11) is 2.01. The van der Waals surface area contributed by atoms with Gasteiger partial charge in [-0.25, -0.2) is 8.78 Å². The maximum atomic E-state index is 16.6. The van der Waals surface area contributed by atoms with Crippen LogP contribution in [0.3, 0.4) is 0 Å². The lowest BCUT2D eigenvalue weighted by atomic mass is 9.96. The molecule has 2 aromatic carbocycles. The van der Waals surface area contributed by atoms with Gasteiger partial charge in [0.25, 0.3) is 0 Å². The highest BCUT2D eigenvalue weighted by molar-refractivity contribution is 6.03. The molecule has 3 aliphatic heterocycles. The SMILES string of the molecule is C#Cc1c(F)ccc2cc(O)cc(-c3ncc4c(N5C[C@H]6CC[C@@H](C5)N6)nc(OCC5CC(=C)CN5C)nc4c3F)c12. The first-order valence-corrected chi connectivity index (χ1v) is 14.1. The van der Waals surface area contributed by atoms with Crippen LogP contribution in [0.5, 0.6) is 11.8 Å². The molecule has 8 nitrogen and oxygen atoms in total. The molecular formula is C32H30F2N6O2. The van der Waals surface area contributed by atoms with Gasteiger partial charge in [-0.1, -0.05) is 24.1 Å². The average molecular weight is 569 g/mol. The van der Waals surface area contributed by atoms with Crippen LogP contribution in [0, 0.1) is 24.0 Å². The van der Waals surface area contributed by atoms with Crippen molar-refractivity contribution >= 4 is 27.5 Å². The summed E-state index contributed by atoms with van der Waals surface area (Å²) in [6.07, 6.45) is 10.1. The quantitative estimate of drug-likeness (QED) is 0.271. The van der Waals surface area contributed by atoms with Crippen molar-refractivity contribution in [2.45, 2.75) is 37.4 Å². The van der Waals surface area contributed by atoms with Gasteiger partial charge in [-0.2, -0.15) is 9.97 Å². The third-order valence-electron chi connectivity index (χ3n) is 8.64. The van der Waals surface area contributed by atoms with Gasteiger partial charge in [0.1, 0.15) is 35.2 Å². The smallest absolute Gasteiger partial charge is 0.319 e. The molecule has 0 radical (unpaired) electrons. The summed E-state index contributed by atoms with van der Waals surface area (Å²) in [6.45, 7) is 6.66. The van der Waals surface area contributed by atoms with Crippen molar-refractivity contribution in [3.63, 3.8) is 0 Å². The van der Waals surface area contributed by atoms with Crippen LogP contribution in [0.1, 0.15) is 24.8 Å². The van der Waals surface area contributed by atoms with Gasteiger partial charge >= 0.3 is 6.01 Å². The fourth-order valence-corrected chi connectivity index (χ4v) is 6.63. The van der Waals surface area contributed by atoms with Gasteiger partial charge < -0.3 is 20.1 Å². The second kappa shape index (κ2) is 10.2. The number of piperazine rings is 1. The number of hydrogen-bond donors (Lipinski definition) is 2. The number of fused-ring (bicyclic) bond motifs is 4. The van der Waals surface area contributed by atoms with E-state index in [9.17, 15) is 9.50 Å². The van der Waals surface area contributed by atoms with Crippen molar-refractivity contribution < 1.29 is 18.6 Å². The minimum absolute atomic E-state index is 0.0326. The van der Waals surface area contributed by atoms with E-state index >= 15 is 4.39 Å². The number of likely N-dealkylation sites (N-methyl/N-ethyl adjacent to an activating group) is 1. The average Bonchev–Trinajstić information content (AvgIpc) is 3.49. The minimum atomic E-state index is -0.732. The Bertz CT molecular complexity index is 1790. The van der Waals surface area contributed by atoms with Gasteiger partial charge in [-0.05, 0) is 49.9 Å². The summed E-state index contributed by atoms with van der Waals surface area (Å²) in [6, 6.07) is 6.35. The molecule has 42 heavy (non-hydrogen) atoms. The van der Waals surface area contributed by atoms with E-state index in [2.05, 4.69) is 37.6 Å². The summed E-state index contributed by atoms with van der Waals surface area (Å²) in [5.41, 5.74) is 1.20. The number of benzene rings is 2. The van der Waals surface area contributed by atoms with Gasteiger partial charge in [-0.15, -0.1) is 6.42 Å². The Balaban J connectivity index is 1.38. The number of nitrogens with zero attached hydrogens (tertiary/aromatic N) is 5. The Hall–Kier alpha value is -4.33. The highest BCUT2D eigenvalue weighted by atomic mass is 19.1. The Morgan fingerprint density at radius 3 is 2.69 bits per heavy atom. The van der Waals surface area contributed by atoms with Crippen LogP contribution in [0.2, 0.25) is 0 Å². The zero-order valence-electron chi connectivity index (χ0n) is 23.2. The van der Waals surface area contributed by atoms with Gasteiger partial charge in [0, 0.05) is 54.9 Å². The Kier molecular flexibility index (Phi) is 6.44. The first-order valence-electron chi connectivity index (χ1n) is 14.1. The molecule has 5 heterocycles. The van der Waals surface area contributed by atoms with E-state index in [1.165, 1.54) is 30.5 Å². The van der Waals surface area contributed by atoms with Crippen LogP contribution in [-0.4, -0.2) is 76.4 Å². The first-order chi connectivity index (χ1) is 20.3. The Morgan fingerprint density at radius 2 is 1.98 bits per heavy atom. The maximum absolute atomic E-state index is 16.6. The van der Waals surface area contributed by atoms with Gasteiger partial charge in [-0.3, -0.25) is 9.88 Å². The molecule has 10 heteroatoms. The number of anilines is 1.